The maximum absolute atomic E-state index is 4.36. The number of aryl methyl sites for hydroxylation is 1. The average Bonchev–Trinajstić information content (AvgIpc) is 3.58. The van der Waals surface area contributed by atoms with E-state index in [1.807, 2.05) is 10.7 Å². The van der Waals surface area contributed by atoms with Gasteiger partial charge in [-0.2, -0.15) is 10.2 Å². The number of fused-ring (bicyclic) bond motifs is 2. The van der Waals surface area contributed by atoms with Crippen LogP contribution in [0.1, 0.15) is 60.9 Å². The van der Waals surface area contributed by atoms with Gasteiger partial charge in [0, 0.05) is 41.1 Å². The lowest BCUT2D eigenvalue weighted by molar-refractivity contribution is 0.202. The Kier molecular flexibility index (Phi) is 5.21. The fourth-order valence-electron chi connectivity index (χ4n) is 5.55. The summed E-state index contributed by atoms with van der Waals surface area (Å²) in [6, 6.07) is 11.2. The van der Waals surface area contributed by atoms with Crippen LogP contribution < -0.4 is 0 Å². The Morgan fingerprint density at radius 1 is 1.12 bits per heavy atom. The van der Waals surface area contributed by atoms with Crippen molar-refractivity contribution >= 4 is 16.6 Å². The van der Waals surface area contributed by atoms with Crippen molar-refractivity contribution in [1.29, 1.82) is 0 Å². The van der Waals surface area contributed by atoms with Gasteiger partial charge in [0.25, 0.3) is 0 Å². The van der Waals surface area contributed by atoms with Crippen LogP contribution in [0.15, 0.2) is 49.1 Å². The molecule has 1 fully saturated rings. The maximum atomic E-state index is 4.36. The zero-order valence-corrected chi connectivity index (χ0v) is 20.0. The van der Waals surface area contributed by atoms with Crippen LogP contribution in [0.5, 0.6) is 0 Å². The third-order valence-electron chi connectivity index (χ3n) is 7.34. The molecule has 0 saturated carbocycles. The number of nitrogens with one attached hydrogen (secondary N) is 2. The Bertz CT molecular complexity index is 1430. The standard InChI is InChI=1S/C27H31N7/c1-17(2)26-22-13-20(19-7-10-33(11-8-19)14-21-6-9-29-32-21)4-5-24(22)31-27(26)23-15-34-25(12-18(23)3)28-16-30-34/h4-6,9,12-13,15-17,19,31H,7-8,10-11,14H2,1-3H3,(H,29,32). The van der Waals surface area contributed by atoms with E-state index in [0.29, 0.717) is 11.8 Å². The van der Waals surface area contributed by atoms with Crippen LogP contribution in [-0.4, -0.2) is 47.8 Å². The van der Waals surface area contributed by atoms with Gasteiger partial charge in [-0.3, -0.25) is 10.00 Å². The molecular weight excluding hydrogens is 422 g/mol. The molecule has 0 spiro atoms. The summed E-state index contributed by atoms with van der Waals surface area (Å²) in [6.45, 7) is 9.93. The second-order valence-electron chi connectivity index (χ2n) is 9.94. The fraction of sp³-hybridized carbons (Fsp3) is 0.370. The summed E-state index contributed by atoms with van der Waals surface area (Å²) >= 11 is 0. The summed E-state index contributed by atoms with van der Waals surface area (Å²) in [7, 11) is 0. The van der Waals surface area contributed by atoms with E-state index in [2.05, 4.69) is 87.5 Å². The molecule has 4 aromatic heterocycles. The lowest BCUT2D eigenvalue weighted by Gasteiger charge is -2.31. The third kappa shape index (κ3) is 3.70. The molecule has 0 amide bonds. The molecule has 0 bridgehead atoms. The first-order valence-corrected chi connectivity index (χ1v) is 12.2. The topological polar surface area (TPSA) is 77.9 Å². The highest BCUT2D eigenvalue weighted by Crippen LogP contribution is 2.39. The largest absolute Gasteiger partial charge is 0.354 e. The van der Waals surface area contributed by atoms with Crippen LogP contribution in [0.4, 0.5) is 0 Å². The number of benzene rings is 1. The first-order chi connectivity index (χ1) is 16.6. The van der Waals surface area contributed by atoms with Crippen LogP contribution in [0, 0.1) is 6.92 Å². The Balaban J connectivity index is 1.32. The van der Waals surface area contributed by atoms with Gasteiger partial charge < -0.3 is 4.98 Å². The van der Waals surface area contributed by atoms with E-state index < -0.39 is 0 Å². The molecule has 1 aliphatic heterocycles. The summed E-state index contributed by atoms with van der Waals surface area (Å²) < 4.78 is 1.86. The van der Waals surface area contributed by atoms with Crippen molar-refractivity contribution in [3.63, 3.8) is 0 Å². The van der Waals surface area contributed by atoms with Crippen LogP contribution in [0.25, 0.3) is 27.8 Å². The Labute approximate surface area is 199 Å². The van der Waals surface area contributed by atoms with Crippen LogP contribution >= 0.6 is 0 Å². The normalized spacial score (nSPS) is 15.8. The molecular formula is C27H31N7. The minimum absolute atomic E-state index is 0.404. The van der Waals surface area contributed by atoms with E-state index in [0.717, 1.165) is 25.3 Å². The van der Waals surface area contributed by atoms with Crippen molar-refractivity contribution in [3.05, 3.63) is 71.4 Å². The number of piperidine rings is 1. The summed E-state index contributed by atoms with van der Waals surface area (Å²) in [4.78, 5) is 10.6. The highest BCUT2D eigenvalue weighted by Gasteiger charge is 2.23. The molecule has 5 heterocycles. The summed E-state index contributed by atoms with van der Waals surface area (Å²) in [5.74, 6) is 1.01. The molecule has 174 valence electrons. The van der Waals surface area contributed by atoms with Crippen LogP contribution in [0.2, 0.25) is 0 Å². The highest BCUT2D eigenvalue weighted by molar-refractivity contribution is 5.92. The van der Waals surface area contributed by atoms with Crippen molar-refractivity contribution in [1.82, 2.24) is 34.7 Å². The zero-order valence-electron chi connectivity index (χ0n) is 20.0. The minimum Gasteiger partial charge on any atom is -0.354 e. The van der Waals surface area contributed by atoms with Gasteiger partial charge in [-0.1, -0.05) is 19.9 Å². The second kappa shape index (κ2) is 8.40. The van der Waals surface area contributed by atoms with Gasteiger partial charge in [0.15, 0.2) is 5.65 Å². The molecule has 1 aliphatic rings. The number of hydrogen-bond acceptors (Lipinski definition) is 4. The number of H-pyrrole nitrogens is 2. The molecule has 1 aromatic carbocycles. The van der Waals surface area contributed by atoms with E-state index in [1.54, 1.807) is 6.33 Å². The number of likely N-dealkylation sites (tertiary alicyclic amines) is 1. The molecule has 0 aliphatic carbocycles. The number of rotatable bonds is 5. The SMILES string of the molecule is Cc1cc2ncnn2cc1-c1[nH]c2ccc(C3CCN(Cc4ccn[nH]4)CC3)cc2c1C(C)C. The fourth-order valence-corrected chi connectivity index (χ4v) is 5.55. The van der Waals surface area contributed by atoms with Crippen molar-refractivity contribution < 1.29 is 0 Å². The number of pyridine rings is 1. The Morgan fingerprint density at radius 2 is 1.97 bits per heavy atom. The molecule has 1 saturated heterocycles. The Morgan fingerprint density at radius 3 is 2.74 bits per heavy atom. The average molecular weight is 454 g/mol. The van der Waals surface area contributed by atoms with Crippen molar-refractivity contribution in [3.8, 4) is 11.3 Å². The van der Waals surface area contributed by atoms with Crippen LogP contribution in [-0.2, 0) is 6.54 Å². The van der Waals surface area contributed by atoms with Crippen LogP contribution in [0.3, 0.4) is 0 Å². The molecule has 0 atom stereocenters. The van der Waals surface area contributed by atoms with Gasteiger partial charge in [-0.15, -0.1) is 0 Å². The van der Waals surface area contributed by atoms with E-state index in [1.165, 1.54) is 57.4 Å². The molecule has 5 aromatic rings. The van der Waals surface area contributed by atoms with Gasteiger partial charge >= 0.3 is 0 Å². The molecule has 7 heteroatoms. The van der Waals surface area contributed by atoms with Gasteiger partial charge in [0.1, 0.15) is 6.33 Å². The van der Waals surface area contributed by atoms with Gasteiger partial charge in [-0.25, -0.2) is 9.50 Å². The quantitative estimate of drug-likeness (QED) is 0.373. The van der Waals surface area contributed by atoms with Crippen molar-refractivity contribution in [2.24, 2.45) is 0 Å². The van der Waals surface area contributed by atoms with Gasteiger partial charge in [0.2, 0.25) is 0 Å². The predicted octanol–water partition coefficient (Wildman–Crippen LogP) is 5.41. The molecule has 2 N–H and O–H groups in total. The van der Waals surface area contributed by atoms with E-state index >= 15 is 0 Å². The monoisotopic (exact) mass is 453 g/mol. The van der Waals surface area contributed by atoms with E-state index in [9.17, 15) is 0 Å². The smallest absolute Gasteiger partial charge is 0.155 e. The van der Waals surface area contributed by atoms with Gasteiger partial charge in [-0.05, 0) is 85.6 Å². The lowest BCUT2D eigenvalue weighted by Crippen LogP contribution is -2.32. The first-order valence-electron chi connectivity index (χ1n) is 12.2. The third-order valence-corrected chi connectivity index (χ3v) is 7.34. The number of hydrogen-bond donors (Lipinski definition) is 2. The van der Waals surface area contributed by atoms with Crippen molar-refractivity contribution in [2.75, 3.05) is 13.1 Å². The first kappa shape index (κ1) is 21.1. The molecule has 6 rings (SSSR count). The molecule has 34 heavy (non-hydrogen) atoms. The number of aromatic nitrogens is 6. The van der Waals surface area contributed by atoms with E-state index in [4.69, 9.17) is 0 Å². The highest BCUT2D eigenvalue weighted by atomic mass is 15.3. The number of nitrogens with zero attached hydrogens (tertiary/aromatic N) is 5. The molecule has 0 unspecified atom stereocenters. The zero-order chi connectivity index (χ0) is 23.2. The molecule has 0 radical (unpaired) electrons. The molecule has 7 nitrogen and oxygen atoms in total. The summed E-state index contributed by atoms with van der Waals surface area (Å²) in [5.41, 5.74) is 9.72. The Hall–Kier alpha value is -3.45. The summed E-state index contributed by atoms with van der Waals surface area (Å²) in [5, 5.41) is 12.9. The maximum Gasteiger partial charge on any atom is 0.155 e. The van der Waals surface area contributed by atoms with E-state index in [-0.39, 0.29) is 0 Å². The lowest BCUT2D eigenvalue weighted by atomic mass is 9.87. The van der Waals surface area contributed by atoms with Crippen molar-refractivity contribution in [2.45, 2.75) is 52.0 Å². The summed E-state index contributed by atoms with van der Waals surface area (Å²) in [6.07, 6.45) is 7.93. The second-order valence-corrected chi connectivity index (χ2v) is 9.94. The minimum atomic E-state index is 0.404. The number of aromatic amines is 2. The predicted molar refractivity (Wildman–Crippen MR) is 135 cm³/mol. The van der Waals surface area contributed by atoms with Gasteiger partial charge in [0.05, 0.1) is 5.69 Å².